The number of thiophene rings is 1. The molecule has 2 aromatic heterocycles. The number of rotatable bonds is 4. The van der Waals surface area contributed by atoms with Crippen LogP contribution in [-0.2, 0) is 9.59 Å². The number of hydrogen-bond acceptors (Lipinski definition) is 10. The van der Waals surface area contributed by atoms with Gasteiger partial charge in [0, 0.05) is 22.6 Å². The molecule has 0 spiro atoms. The van der Waals surface area contributed by atoms with E-state index >= 15 is 0 Å². The Labute approximate surface area is 204 Å². The maximum absolute atomic E-state index is 13.2. The van der Waals surface area contributed by atoms with Gasteiger partial charge in [-0.15, -0.1) is 11.3 Å². The van der Waals surface area contributed by atoms with Gasteiger partial charge in [0.1, 0.15) is 11.8 Å². The average Bonchev–Trinajstić information content (AvgIpc) is 3.64. The summed E-state index contributed by atoms with van der Waals surface area (Å²) in [4.78, 5) is 43.5. The number of fused-ring (bicyclic) bond motifs is 2. The molecule has 0 radical (unpaired) electrons. The van der Waals surface area contributed by atoms with Gasteiger partial charge in [0.2, 0.25) is 6.79 Å². The number of aliphatic hydroxyl groups is 1. The van der Waals surface area contributed by atoms with Crippen molar-refractivity contribution in [3.8, 4) is 11.5 Å². The Balaban J connectivity index is 1.51. The molecule has 4 aromatic rings. The summed E-state index contributed by atoms with van der Waals surface area (Å²) >= 11 is 2.38. The van der Waals surface area contributed by atoms with Gasteiger partial charge in [-0.2, -0.15) is 0 Å². The van der Waals surface area contributed by atoms with E-state index in [9.17, 15) is 24.8 Å². The van der Waals surface area contributed by atoms with Crippen LogP contribution in [0.5, 0.6) is 11.5 Å². The number of hydrogen-bond donors (Lipinski definition) is 1. The number of aliphatic hydroxyl groups excluding tert-OH is 1. The van der Waals surface area contributed by atoms with E-state index in [1.165, 1.54) is 34.4 Å². The molecule has 1 unspecified atom stereocenters. The standard InChI is InChI=1S/C23H13N3O7S2/c27-20(11-3-6-14-15(8-11)33-10-32-14)18-19(16-2-1-7-34-16)25(22(29)21(18)28)23-24-13-5-4-12(26(30)31)9-17(13)35-23/h1-9,19,27H,10H2/b20-18+. The number of aromatic nitrogens is 1. The summed E-state index contributed by atoms with van der Waals surface area (Å²) in [5, 5.41) is 24.4. The van der Waals surface area contributed by atoms with E-state index in [0.29, 0.717) is 32.2 Å². The van der Waals surface area contributed by atoms with Gasteiger partial charge in [0.15, 0.2) is 16.6 Å². The summed E-state index contributed by atoms with van der Waals surface area (Å²) in [5.41, 5.74) is 0.570. The Morgan fingerprint density at radius 1 is 1.14 bits per heavy atom. The molecule has 4 heterocycles. The average molecular weight is 508 g/mol. The zero-order valence-corrected chi connectivity index (χ0v) is 19.2. The molecule has 2 aliphatic heterocycles. The smallest absolute Gasteiger partial charge is 0.301 e. The predicted octanol–water partition coefficient (Wildman–Crippen LogP) is 4.62. The molecule has 174 valence electrons. The third-order valence-corrected chi connectivity index (χ3v) is 7.62. The summed E-state index contributed by atoms with van der Waals surface area (Å²) in [6, 6.07) is 11.6. The van der Waals surface area contributed by atoms with E-state index in [1.807, 2.05) is 0 Å². The molecule has 1 atom stereocenters. The van der Waals surface area contributed by atoms with Crippen molar-refractivity contribution in [1.29, 1.82) is 0 Å². The van der Waals surface area contributed by atoms with Gasteiger partial charge in [-0.25, -0.2) is 4.98 Å². The number of Topliss-reactive ketones (excluding diaryl/α,β-unsaturated/α-hetero) is 1. The van der Waals surface area contributed by atoms with Gasteiger partial charge in [-0.3, -0.25) is 24.6 Å². The van der Waals surface area contributed by atoms with Gasteiger partial charge in [0.25, 0.3) is 11.5 Å². The lowest BCUT2D eigenvalue weighted by Gasteiger charge is -2.21. The number of carbonyl (C=O) groups excluding carboxylic acids is 2. The molecule has 1 amide bonds. The molecular weight excluding hydrogens is 494 g/mol. The van der Waals surface area contributed by atoms with Crippen LogP contribution < -0.4 is 14.4 Å². The molecule has 6 rings (SSSR count). The first-order valence-corrected chi connectivity index (χ1v) is 11.9. The van der Waals surface area contributed by atoms with Gasteiger partial charge in [-0.1, -0.05) is 17.4 Å². The summed E-state index contributed by atoms with van der Waals surface area (Å²) in [6.07, 6.45) is 0. The highest BCUT2D eigenvalue weighted by atomic mass is 32.1. The second-order valence-corrected chi connectivity index (χ2v) is 9.65. The lowest BCUT2D eigenvalue weighted by atomic mass is 9.99. The number of benzene rings is 2. The zero-order chi connectivity index (χ0) is 24.3. The molecule has 1 N–H and O–H groups in total. The van der Waals surface area contributed by atoms with E-state index in [0.717, 1.165) is 11.3 Å². The number of nitro benzene ring substituents is 1. The van der Waals surface area contributed by atoms with Crippen molar-refractivity contribution in [1.82, 2.24) is 4.98 Å². The third-order valence-electron chi connectivity index (χ3n) is 5.68. The minimum atomic E-state index is -0.920. The normalized spacial score (nSPS) is 18.5. The number of carbonyl (C=O) groups is 2. The van der Waals surface area contributed by atoms with Crippen LogP contribution in [0.2, 0.25) is 0 Å². The minimum absolute atomic E-state index is 0.0505. The Hall–Kier alpha value is -4.29. The van der Waals surface area contributed by atoms with Crippen molar-refractivity contribution >= 4 is 61.2 Å². The Morgan fingerprint density at radius 3 is 2.74 bits per heavy atom. The van der Waals surface area contributed by atoms with E-state index < -0.39 is 22.7 Å². The van der Waals surface area contributed by atoms with E-state index in [4.69, 9.17) is 9.47 Å². The van der Waals surface area contributed by atoms with Crippen molar-refractivity contribution in [2.45, 2.75) is 6.04 Å². The van der Waals surface area contributed by atoms with Crippen molar-refractivity contribution < 1.29 is 29.1 Å². The Morgan fingerprint density at radius 2 is 1.97 bits per heavy atom. The first-order chi connectivity index (χ1) is 16.9. The van der Waals surface area contributed by atoms with E-state index in [2.05, 4.69) is 4.98 Å². The van der Waals surface area contributed by atoms with Crippen molar-refractivity contribution in [2.75, 3.05) is 11.7 Å². The number of nitro groups is 1. The highest BCUT2D eigenvalue weighted by Gasteiger charge is 2.48. The topological polar surface area (TPSA) is 132 Å². The molecule has 2 aliphatic rings. The molecule has 1 fully saturated rings. The first-order valence-electron chi connectivity index (χ1n) is 10.2. The van der Waals surface area contributed by atoms with Crippen LogP contribution in [0.15, 0.2) is 59.5 Å². The number of non-ortho nitro benzene ring substituents is 1. The number of nitrogens with zero attached hydrogens (tertiary/aromatic N) is 3. The van der Waals surface area contributed by atoms with Crippen LogP contribution in [0.4, 0.5) is 10.8 Å². The summed E-state index contributed by atoms with van der Waals surface area (Å²) in [7, 11) is 0. The van der Waals surface area contributed by atoms with Crippen LogP contribution in [0.25, 0.3) is 16.0 Å². The van der Waals surface area contributed by atoms with Crippen LogP contribution in [0.3, 0.4) is 0 Å². The fraction of sp³-hybridized carbons (Fsp3) is 0.0870. The van der Waals surface area contributed by atoms with E-state index in [1.54, 1.807) is 35.7 Å². The molecule has 2 aromatic carbocycles. The summed E-state index contributed by atoms with van der Waals surface area (Å²) < 4.78 is 11.2. The van der Waals surface area contributed by atoms with Crippen LogP contribution >= 0.6 is 22.7 Å². The summed E-state index contributed by atoms with van der Waals surface area (Å²) in [6.45, 7) is 0.0505. The fourth-order valence-corrected chi connectivity index (χ4v) is 5.91. The quantitative estimate of drug-likeness (QED) is 0.139. The predicted molar refractivity (Wildman–Crippen MR) is 128 cm³/mol. The lowest BCUT2D eigenvalue weighted by molar-refractivity contribution is -0.384. The summed E-state index contributed by atoms with van der Waals surface area (Å²) in [5.74, 6) is -1.12. The largest absolute Gasteiger partial charge is 0.507 e. The maximum Gasteiger partial charge on any atom is 0.301 e. The van der Waals surface area contributed by atoms with Gasteiger partial charge >= 0.3 is 5.91 Å². The van der Waals surface area contributed by atoms with Crippen LogP contribution in [-0.4, -0.2) is 33.5 Å². The van der Waals surface area contributed by atoms with Crippen molar-refractivity contribution in [3.63, 3.8) is 0 Å². The molecule has 35 heavy (non-hydrogen) atoms. The van der Waals surface area contributed by atoms with Crippen LogP contribution in [0, 0.1) is 10.1 Å². The lowest BCUT2D eigenvalue weighted by Crippen LogP contribution is -2.28. The monoisotopic (exact) mass is 507 g/mol. The number of thiazole rings is 1. The number of ketones is 1. The molecular formula is C23H13N3O7S2. The van der Waals surface area contributed by atoms with E-state index in [-0.39, 0.29) is 28.9 Å². The van der Waals surface area contributed by atoms with Crippen molar-refractivity contribution in [2.24, 2.45) is 0 Å². The fourth-order valence-electron chi connectivity index (χ4n) is 4.06. The van der Waals surface area contributed by atoms with Gasteiger partial charge in [0.05, 0.1) is 20.7 Å². The SMILES string of the molecule is O=C1C(=O)N(c2nc3ccc([N+](=O)[O-])cc3s2)C(c2cccs2)/C1=C(\O)c1ccc2c(c1)OCO2. The number of amides is 1. The molecule has 0 aliphatic carbocycles. The second-order valence-electron chi connectivity index (χ2n) is 7.66. The number of ether oxygens (including phenoxy) is 2. The zero-order valence-electron chi connectivity index (χ0n) is 17.5. The molecule has 12 heteroatoms. The second kappa shape index (κ2) is 7.89. The molecule has 0 saturated carbocycles. The third kappa shape index (κ3) is 3.33. The Bertz CT molecular complexity index is 1580. The molecule has 1 saturated heterocycles. The van der Waals surface area contributed by atoms with Gasteiger partial charge < -0.3 is 14.6 Å². The maximum atomic E-state index is 13.2. The van der Waals surface area contributed by atoms with Crippen LogP contribution in [0.1, 0.15) is 16.5 Å². The highest BCUT2D eigenvalue weighted by molar-refractivity contribution is 7.22. The minimum Gasteiger partial charge on any atom is -0.507 e. The molecule has 10 nitrogen and oxygen atoms in total. The molecule has 0 bridgehead atoms. The Kier molecular flexibility index (Phi) is 4.79. The van der Waals surface area contributed by atoms with Gasteiger partial charge in [-0.05, 0) is 35.7 Å². The highest BCUT2D eigenvalue weighted by Crippen LogP contribution is 2.46. The first kappa shape index (κ1) is 21.3. The number of anilines is 1. The van der Waals surface area contributed by atoms with Crippen molar-refractivity contribution in [3.05, 3.63) is 80.0 Å².